The van der Waals surface area contributed by atoms with Crippen LogP contribution in [0.3, 0.4) is 0 Å². The Hall–Kier alpha value is -0.360. The first-order chi connectivity index (χ1) is 7.26. The summed E-state index contributed by atoms with van der Waals surface area (Å²) in [6, 6.07) is 0. The number of nitrogens with one attached hydrogen (secondary N) is 1. The maximum Gasteiger partial charge on any atom is 0.220 e. The van der Waals surface area contributed by atoms with Gasteiger partial charge < -0.3 is 11.1 Å². The van der Waals surface area contributed by atoms with Crippen molar-refractivity contribution < 1.29 is 4.79 Å². The maximum atomic E-state index is 11.3. The Balaban J connectivity index is 0. The third kappa shape index (κ3) is 7.54. The smallest absolute Gasteiger partial charge is 0.220 e. The molecule has 0 saturated carbocycles. The molecule has 0 radical (unpaired) electrons. The molecule has 0 fully saturated rings. The van der Waals surface area contributed by atoms with Crippen LogP contribution >= 0.6 is 36.2 Å². The Morgan fingerprint density at radius 3 is 2.76 bits per heavy atom. The van der Waals surface area contributed by atoms with Crippen LogP contribution in [0.4, 0.5) is 0 Å². The van der Waals surface area contributed by atoms with Gasteiger partial charge in [-0.05, 0) is 19.4 Å². The first-order valence-electron chi connectivity index (χ1n) is 5.16. The molecule has 17 heavy (non-hydrogen) atoms. The Morgan fingerprint density at radius 1 is 1.53 bits per heavy atom. The van der Waals surface area contributed by atoms with E-state index in [0.29, 0.717) is 19.5 Å². The van der Waals surface area contributed by atoms with Crippen LogP contribution in [0.25, 0.3) is 0 Å². The summed E-state index contributed by atoms with van der Waals surface area (Å²) in [7, 11) is 0. The second kappa shape index (κ2) is 10.8. The van der Waals surface area contributed by atoms with Gasteiger partial charge in [-0.15, -0.1) is 36.2 Å². The normalized spacial score (nSPS) is 9.06. The molecule has 0 spiro atoms. The Labute approximate surface area is 118 Å². The lowest BCUT2D eigenvalue weighted by Gasteiger charge is -2.01. The summed E-state index contributed by atoms with van der Waals surface area (Å²) in [5.74, 6) is 0.0497. The van der Waals surface area contributed by atoms with Crippen molar-refractivity contribution in [3.05, 3.63) is 16.1 Å². The number of carbonyl (C=O) groups excluding carboxylic acids is 1. The number of nitrogens with zero attached hydrogens (tertiary/aromatic N) is 1. The molecular weight excluding hydrogens is 281 g/mol. The van der Waals surface area contributed by atoms with E-state index < -0.39 is 0 Å². The molecule has 1 aromatic rings. The van der Waals surface area contributed by atoms with Crippen LogP contribution in [-0.2, 0) is 17.8 Å². The van der Waals surface area contributed by atoms with E-state index in [2.05, 4.69) is 17.2 Å². The van der Waals surface area contributed by atoms with E-state index in [1.165, 1.54) is 4.88 Å². The van der Waals surface area contributed by atoms with Gasteiger partial charge in [0.1, 0.15) is 5.01 Å². The molecule has 1 heterocycles. The van der Waals surface area contributed by atoms with Crippen LogP contribution in [0.1, 0.15) is 29.7 Å². The molecule has 0 bridgehead atoms. The number of rotatable bonds is 6. The number of hydrogen-bond donors (Lipinski definition) is 2. The van der Waals surface area contributed by atoms with E-state index in [9.17, 15) is 4.79 Å². The lowest BCUT2D eigenvalue weighted by molar-refractivity contribution is -0.121. The molecule has 0 aliphatic heterocycles. The van der Waals surface area contributed by atoms with Crippen molar-refractivity contribution in [3.8, 4) is 0 Å². The topological polar surface area (TPSA) is 68.0 Å². The van der Waals surface area contributed by atoms with Gasteiger partial charge >= 0.3 is 0 Å². The summed E-state index contributed by atoms with van der Waals surface area (Å²) < 4.78 is 0. The van der Waals surface area contributed by atoms with E-state index in [0.717, 1.165) is 17.8 Å². The second-order valence-electron chi connectivity index (χ2n) is 3.24. The predicted molar refractivity (Wildman–Crippen MR) is 76.1 cm³/mol. The molecule has 0 unspecified atom stereocenters. The van der Waals surface area contributed by atoms with E-state index in [4.69, 9.17) is 5.73 Å². The van der Waals surface area contributed by atoms with Crippen LogP contribution < -0.4 is 11.1 Å². The summed E-state index contributed by atoms with van der Waals surface area (Å²) >= 11 is 1.65. The van der Waals surface area contributed by atoms with Crippen molar-refractivity contribution in [1.82, 2.24) is 10.3 Å². The van der Waals surface area contributed by atoms with Gasteiger partial charge in [0.2, 0.25) is 5.91 Å². The van der Waals surface area contributed by atoms with Crippen molar-refractivity contribution in [1.29, 1.82) is 0 Å². The lowest BCUT2D eigenvalue weighted by atomic mass is 10.3. The van der Waals surface area contributed by atoms with Gasteiger partial charge in [-0.2, -0.15) is 0 Å². The minimum atomic E-state index is 0. The van der Waals surface area contributed by atoms with Gasteiger partial charge in [-0.1, -0.05) is 6.92 Å². The summed E-state index contributed by atoms with van der Waals surface area (Å²) in [5, 5.41) is 3.79. The van der Waals surface area contributed by atoms with Gasteiger partial charge in [0.05, 0.1) is 6.54 Å². The fourth-order valence-corrected chi connectivity index (χ4v) is 1.92. The molecule has 4 nitrogen and oxygen atoms in total. The second-order valence-corrected chi connectivity index (χ2v) is 4.44. The minimum Gasteiger partial charge on any atom is -0.350 e. The van der Waals surface area contributed by atoms with Crippen LogP contribution in [0.2, 0.25) is 0 Å². The van der Waals surface area contributed by atoms with Gasteiger partial charge in [0, 0.05) is 17.5 Å². The zero-order chi connectivity index (χ0) is 11.1. The largest absolute Gasteiger partial charge is 0.350 e. The first kappa shape index (κ1) is 19.0. The fourth-order valence-electron chi connectivity index (χ4n) is 1.12. The molecular formula is C10H19Cl2N3OS. The van der Waals surface area contributed by atoms with Gasteiger partial charge in [-0.25, -0.2) is 4.98 Å². The highest BCUT2D eigenvalue weighted by Crippen LogP contribution is 2.12. The van der Waals surface area contributed by atoms with E-state index in [-0.39, 0.29) is 30.7 Å². The lowest BCUT2D eigenvalue weighted by Crippen LogP contribution is -2.23. The number of aromatic nitrogens is 1. The number of hydrogen-bond acceptors (Lipinski definition) is 4. The number of halogens is 2. The van der Waals surface area contributed by atoms with Crippen molar-refractivity contribution in [2.75, 3.05) is 6.54 Å². The molecule has 0 saturated heterocycles. The van der Waals surface area contributed by atoms with Crippen LogP contribution in [0.15, 0.2) is 6.20 Å². The molecule has 0 aromatic carbocycles. The summed E-state index contributed by atoms with van der Waals surface area (Å²) in [6.07, 6.45) is 4.11. The standard InChI is InChI=1S/C10H17N3OS.2ClH/c1-2-8-6-13-10(15-8)7-12-9(14)4-3-5-11;;/h6H,2-5,7,11H2,1H3,(H,12,14);2*1H. The van der Waals surface area contributed by atoms with Crippen molar-refractivity contribution in [2.45, 2.75) is 32.7 Å². The molecule has 1 rings (SSSR count). The Morgan fingerprint density at radius 2 is 2.24 bits per heavy atom. The highest BCUT2D eigenvalue weighted by molar-refractivity contribution is 7.11. The van der Waals surface area contributed by atoms with Crippen molar-refractivity contribution >= 4 is 42.1 Å². The van der Waals surface area contributed by atoms with Gasteiger partial charge in [0.25, 0.3) is 0 Å². The maximum absolute atomic E-state index is 11.3. The minimum absolute atomic E-state index is 0. The van der Waals surface area contributed by atoms with Crippen LogP contribution in [0, 0.1) is 0 Å². The van der Waals surface area contributed by atoms with E-state index in [1.54, 1.807) is 11.3 Å². The summed E-state index contributed by atoms with van der Waals surface area (Å²) in [6.45, 7) is 3.19. The van der Waals surface area contributed by atoms with Gasteiger partial charge in [0.15, 0.2) is 0 Å². The molecule has 0 aliphatic rings. The molecule has 7 heteroatoms. The van der Waals surface area contributed by atoms with Crippen molar-refractivity contribution in [3.63, 3.8) is 0 Å². The van der Waals surface area contributed by atoms with Crippen molar-refractivity contribution in [2.24, 2.45) is 5.73 Å². The molecule has 0 aliphatic carbocycles. The summed E-state index contributed by atoms with van der Waals surface area (Å²) in [4.78, 5) is 16.7. The van der Waals surface area contributed by atoms with E-state index in [1.807, 2.05) is 6.20 Å². The van der Waals surface area contributed by atoms with Crippen LogP contribution in [-0.4, -0.2) is 17.4 Å². The van der Waals surface area contributed by atoms with E-state index >= 15 is 0 Å². The number of carbonyl (C=O) groups is 1. The zero-order valence-electron chi connectivity index (χ0n) is 9.77. The Bertz CT molecular complexity index is 320. The molecule has 100 valence electrons. The predicted octanol–water partition coefficient (Wildman–Crippen LogP) is 1.90. The average molecular weight is 300 g/mol. The SMILES string of the molecule is CCc1cnc(CNC(=O)CCCN)s1.Cl.Cl. The number of nitrogens with two attached hydrogens (primary N) is 1. The monoisotopic (exact) mass is 299 g/mol. The summed E-state index contributed by atoms with van der Waals surface area (Å²) in [5.41, 5.74) is 5.32. The molecule has 1 aromatic heterocycles. The third-order valence-electron chi connectivity index (χ3n) is 1.99. The fraction of sp³-hybridized carbons (Fsp3) is 0.600. The molecule has 1 amide bonds. The number of thiazole rings is 1. The zero-order valence-corrected chi connectivity index (χ0v) is 12.2. The number of amides is 1. The Kier molecular flexibility index (Phi) is 12.0. The highest BCUT2D eigenvalue weighted by atomic mass is 35.5. The number of aryl methyl sites for hydroxylation is 1. The van der Waals surface area contributed by atoms with Crippen LogP contribution in [0.5, 0.6) is 0 Å². The average Bonchev–Trinajstić information content (AvgIpc) is 2.71. The third-order valence-corrected chi connectivity index (χ3v) is 3.14. The molecule has 0 atom stereocenters. The molecule has 3 N–H and O–H groups in total. The van der Waals surface area contributed by atoms with Gasteiger partial charge in [-0.3, -0.25) is 4.79 Å². The quantitative estimate of drug-likeness (QED) is 0.843. The first-order valence-corrected chi connectivity index (χ1v) is 5.98. The highest BCUT2D eigenvalue weighted by Gasteiger charge is 2.03.